The number of H-pyrrole nitrogens is 1. The van der Waals surface area contributed by atoms with Gasteiger partial charge in [-0.2, -0.15) is 0 Å². The molecule has 0 amide bonds. The van der Waals surface area contributed by atoms with Crippen molar-refractivity contribution in [1.29, 1.82) is 0 Å². The first-order chi connectivity index (χ1) is 7.08. The number of nitrogens with two attached hydrogens (primary N) is 1. The highest BCUT2D eigenvalue weighted by Crippen LogP contribution is 2.33. The summed E-state index contributed by atoms with van der Waals surface area (Å²) >= 11 is 0. The lowest BCUT2D eigenvalue weighted by Crippen LogP contribution is -2.30. The first-order valence-corrected chi connectivity index (χ1v) is 5.66. The van der Waals surface area contributed by atoms with Crippen molar-refractivity contribution < 1.29 is 0 Å². The summed E-state index contributed by atoms with van der Waals surface area (Å²) in [7, 11) is 0. The first-order valence-electron chi connectivity index (χ1n) is 5.66. The van der Waals surface area contributed by atoms with Crippen molar-refractivity contribution in [2.75, 3.05) is 17.2 Å². The van der Waals surface area contributed by atoms with Crippen LogP contribution >= 0.6 is 0 Å². The number of nitrogens with one attached hydrogen (secondary N) is 1. The smallest absolute Gasteiger partial charge is 0.171 e. The van der Waals surface area contributed by atoms with Crippen LogP contribution in [0.25, 0.3) is 0 Å². The molecule has 1 saturated carbocycles. The minimum Gasteiger partial charge on any atom is -0.382 e. The normalized spacial score (nSPS) is 16.0. The monoisotopic (exact) mass is 208 g/mol. The first kappa shape index (κ1) is 10.3. The zero-order valence-electron chi connectivity index (χ0n) is 9.75. The Morgan fingerprint density at radius 1 is 1.53 bits per heavy atom. The van der Waals surface area contributed by atoms with E-state index < -0.39 is 0 Å². The van der Waals surface area contributed by atoms with Crippen molar-refractivity contribution in [2.24, 2.45) is 5.92 Å². The van der Waals surface area contributed by atoms with Gasteiger partial charge in [-0.3, -0.25) is 0 Å². The molecule has 1 aromatic heterocycles. The van der Waals surface area contributed by atoms with Crippen LogP contribution < -0.4 is 10.6 Å². The summed E-state index contributed by atoms with van der Waals surface area (Å²) in [6.07, 6.45) is 2.55. The van der Waals surface area contributed by atoms with Crippen LogP contribution in [0.15, 0.2) is 0 Å². The van der Waals surface area contributed by atoms with Crippen LogP contribution in [0.1, 0.15) is 32.5 Å². The van der Waals surface area contributed by atoms with Gasteiger partial charge in [0.1, 0.15) is 11.6 Å². The molecule has 0 unspecified atom stereocenters. The van der Waals surface area contributed by atoms with Crippen LogP contribution in [0.3, 0.4) is 0 Å². The largest absolute Gasteiger partial charge is 0.382 e. The van der Waals surface area contributed by atoms with E-state index in [1.165, 1.54) is 12.8 Å². The maximum absolute atomic E-state index is 5.92. The van der Waals surface area contributed by atoms with Gasteiger partial charge in [0.2, 0.25) is 0 Å². The lowest BCUT2D eigenvalue weighted by atomic mass is 10.2. The fraction of sp³-hybridized carbons (Fsp3) is 0.727. The predicted octanol–water partition coefficient (Wildman–Crippen LogP) is 1.93. The molecule has 1 aliphatic rings. The number of imidazole rings is 1. The molecule has 4 heteroatoms. The average Bonchev–Trinajstić information content (AvgIpc) is 2.89. The van der Waals surface area contributed by atoms with Crippen molar-refractivity contribution >= 4 is 11.6 Å². The summed E-state index contributed by atoms with van der Waals surface area (Å²) in [5, 5.41) is 0. The minimum absolute atomic E-state index is 0.641. The number of anilines is 2. The summed E-state index contributed by atoms with van der Waals surface area (Å²) in [6.45, 7) is 7.44. The number of rotatable bonds is 4. The molecule has 0 aliphatic heterocycles. The van der Waals surface area contributed by atoms with Gasteiger partial charge in [0, 0.05) is 12.6 Å². The van der Waals surface area contributed by atoms with E-state index in [9.17, 15) is 0 Å². The maximum atomic E-state index is 5.92. The maximum Gasteiger partial charge on any atom is 0.171 e. The molecular weight excluding hydrogens is 188 g/mol. The van der Waals surface area contributed by atoms with Gasteiger partial charge in [-0.15, -0.1) is 0 Å². The number of hydrogen-bond donors (Lipinski definition) is 2. The van der Waals surface area contributed by atoms with E-state index in [1.807, 2.05) is 6.92 Å². The van der Waals surface area contributed by atoms with Crippen molar-refractivity contribution in [3.05, 3.63) is 5.82 Å². The Balaban J connectivity index is 2.19. The van der Waals surface area contributed by atoms with Crippen molar-refractivity contribution in [3.63, 3.8) is 0 Å². The molecule has 2 rings (SSSR count). The average molecular weight is 208 g/mol. The molecule has 1 heterocycles. The van der Waals surface area contributed by atoms with E-state index in [2.05, 4.69) is 28.7 Å². The molecule has 3 N–H and O–H groups in total. The third-order valence-electron chi connectivity index (χ3n) is 2.65. The van der Waals surface area contributed by atoms with Gasteiger partial charge in [0.25, 0.3) is 0 Å². The highest BCUT2D eigenvalue weighted by molar-refractivity contribution is 5.60. The van der Waals surface area contributed by atoms with Gasteiger partial charge >= 0.3 is 0 Å². The van der Waals surface area contributed by atoms with Gasteiger partial charge in [0.05, 0.1) is 0 Å². The molecule has 0 spiro atoms. The molecule has 1 aliphatic carbocycles. The second kappa shape index (κ2) is 3.76. The van der Waals surface area contributed by atoms with Gasteiger partial charge in [0.15, 0.2) is 5.82 Å². The Labute approximate surface area is 90.9 Å². The van der Waals surface area contributed by atoms with Crippen LogP contribution in [-0.4, -0.2) is 22.6 Å². The number of aryl methyl sites for hydroxylation is 1. The van der Waals surface area contributed by atoms with Gasteiger partial charge in [-0.1, -0.05) is 13.8 Å². The Kier molecular flexibility index (Phi) is 2.59. The number of aromatic amines is 1. The molecule has 15 heavy (non-hydrogen) atoms. The van der Waals surface area contributed by atoms with Crippen molar-refractivity contribution in [2.45, 2.75) is 39.7 Å². The Bertz CT molecular complexity index is 338. The molecule has 1 fully saturated rings. The minimum atomic E-state index is 0.641. The zero-order chi connectivity index (χ0) is 11.0. The van der Waals surface area contributed by atoms with Gasteiger partial charge < -0.3 is 15.6 Å². The second-order valence-electron chi connectivity index (χ2n) is 4.84. The van der Waals surface area contributed by atoms with Crippen LogP contribution in [0.5, 0.6) is 0 Å². The van der Waals surface area contributed by atoms with Crippen LogP contribution in [0.2, 0.25) is 0 Å². The highest BCUT2D eigenvalue weighted by Gasteiger charge is 2.32. The molecule has 84 valence electrons. The molecule has 0 radical (unpaired) electrons. The number of nitrogens with zero attached hydrogens (tertiary/aromatic N) is 2. The summed E-state index contributed by atoms with van der Waals surface area (Å²) < 4.78 is 0. The van der Waals surface area contributed by atoms with E-state index in [4.69, 9.17) is 5.73 Å². The van der Waals surface area contributed by atoms with Crippen molar-refractivity contribution in [1.82, 2.24) is 9.97 Å². The predicted molar refractivity (Wildman–Crippen MR) is 62.9 cm³/mol. The third-order valence-corrected chi connectivity index (χ3v) is 2.65. The molecular formula is C11H20N4. The van der Waals surface area contributed by atoms with Crippen LogP contribution in [0.4, 0.5) is 11.6 Å². The summed E-state index contributed by atoms with van der Waals surface area (Å²) in [5.41, 5.74) is 5.92. The summed E-state index contributed by atoms with van der Waals surface area (Å²) in [4.78, 5) is 9.89. The zero-order valence-corrected chi connectivity index (χ0v) is 9.75. The summed E-state index contributed by atoms with van der Waals surface area (Å²) in [6, 6.07) is 0.664. The molecule has 1 aromatic rings. The topological polar surface area (TPSA) is 57.9 Å². The lowest BCUT2D eigenvalue weighted by Gasteiger charge is -2.24. The highest BCUT2D eigenvalue weighted by atomic mass is 15.3. The van der Waals surface area contributed by atoms with E-state index in [1.54, 1.807) is 0 Å². The van der Waals surface area contributed by atoms with E-state index in [-0.39, 0.29) is 0 Å². The summed E-state index contributed by atoms with van der Waals surface area (Å²) in [5.74, 6) is 3.20. The standard InChI is InChI=1S/C11H20N4/c1-7(2)6-15(9-4-5-9)11-10(12)13-8(3)14-11/h7,9H,4-6,12H2,1-3H3,(H,13,14). The van der Waals surface area contributed by atoms with Gasteiger partial charge in [-0.25, -0.2) is 4.98 Å². The fourth-order valence-electron chi connectivity index (χ4n) is 1.90. The second-order valence-corrected chi connectivity index (χ2v) is 4.84. The van der Waals surface area contributed by atoms with E-state index >= 15 is 0 Å². The van der Waals surface area contributed by atoms with Crippen LogP contribution in [-0.2, 0) is 0 Å². The quantitative estimate of drug-likeness (QED) is 0.794. The third kappa shape index (κ3) is 2.25. The lowest BCUT2D eigenvalue weighted by molar-refractivity contribution is 0.604. The molecule has 0 bridgehead atoms. The Morgan fingerprint density at radius 3 is 2.60 bits per heavy atom. The number of aromatic nitrogens is 2. The molecule has 0 aromatic carbocycles. The Morgan fingerprint density at radius 2 is 2.20 bits per heavy atom. The number of nitrogen functional groups attached to an aromatic ring is 1. The fourth-order valence-corrected chi connectivity index (χ4v) is 1.90. The van der Waals surface area contributed by atoms with E-state index in [0.717, 1.165) is 18.2 Å². The molecule has 0 atom stereocenters. The van der Waals surface area contributed by atoms with Crippen molar-refractivity contribution in [3.8, 4) is 0 Å². The SMILES string of the molecule is Cc1nc(N(CC(C)C)C2CC2)c(N)[nH]1. The van der Waals surface area contributed by atoms with Gasteiger partial charge in [-0.05, 0) is 25.7 Å². The molecule has 0 saturated heterocycles. The van der Waals surface area contributed by atoms with Crippen LogP contribution in [0, 0.1) is 12.8 Å². The Hall–Kier alpha value is -1.19. The van der Waals surface area contributed by atoms with E-state index in [0.29, 0.717) is 17.8 Å². The molecule has 4 nitrogen and oxygen atoms in total. The number of hydrogen-bond acceptors (Lipinski definition) is 3.